The van der Waals surface area contributed by atoms with Crippen LogP contribution in [-0.4, -0.2) is 46.3 Å². The Morgan fingerprint density at radius 1 is 1.06 bits per heavy atom. The van der Waals surface area contributed by atoms with Crippen LogP contribution in [0.4, 0.5) is 11.6 Å². The summed E-state index contributed by atoms with van der Waals surface area (Å²) in [4.78, 5) is 9.46. The monoisotopic (exact) mass is 483 g/mol. The number of fused-ring (bicyclic) bond motifs is 1. The van der Waals surface area contributed by atoms with E-state index in [1.54, 1.807) is 13.3 Å². The van der Waals surface area contributed by atoms with Gasteiger partial charge < -0.3 is 20.7 Å². The van der Waals surface area contributed by atoms with Gasteiger partial charge in [-0.15, -0.1) is 0 Å². The van der Waals surface area contributed by atoms with Gasteiger partial charge in [-0.3, -0.25) is 4.98 Å². The molecule has 2 aliphatic rings. The molecule has 1 saturated carbocycles. The molecular formula is C28H33N7O. The number of benzene rings is 1. The molecule has 1 saturated heterocycles. The molecule has 1 aromatic carbocycles. The largest absolute Gasteiger partial charge is 0.494 e. The SMILES string of the molecule is COc1cccnc1-c1ccc(CNc2cc(NCC3CCNCC3)nc3c(C4CC4)cnn23)cc1. The van der Waals surface area contributed by atoms with Gasteiger partial charge in [-0.05, 0) is 68.3 Å². The van der Waals surface area contributed by atoms with Crippen molar-refractivity contribution in [3.8, 4) is 17.0 Å². The first-order valence-corrected chi connectivity index (χ1v) is 12.9. The molecule has 6 rings (SSSR count). The van der Waals surface area contributed by atoms with E-state index in [1.807, 2.05) is 22.8 Å². The Morgan fingerprint density at radius 3 is 2.67 bits per heavy atom. The molecular weight excluding hydrogens is 450 g/mol. The molecule has 4 heterocycles. The lowest BCUT2D eigenvalue weighted by atomic mass is 9.98. The summed E-state index contributed by atoms with van der Waals surface area (Å²) in [5.41, 5.74) is 5.29. The number of rotatable bonds is 9. The first-order chi connectivity index (χ1) is 17.8. The van der Waals surface area contributed by atoms with Crippen molar-refractivity contribution in [2.24, 2.45) is 5.92 Å². The van der Waals surface area contributed by atoms with Gasteiger partial charge in [0, 0.05) is 36.5 Å². The number of hydrogen-bond acceptors (Lipinski definition) is 7. The summed E-state index contributed by atoms with van der Waals surface area (Å²) in [5, 5.41) is 15.4. The topological polar surface area (TPSA) is 88.4 Å². The summed E-state index contributed by atoms with van der Waals surface area (Å²) in [7, 11) is 1.67. The summed E-state index contributed by atoms with van der Waals surface area (Å²) in [6.07, 6.45) is 8.66. The standard InChI is InChI=1S/C28H33N7O/c1-36-24-3-2-12-30-27(24)22-6-4-19(5-7-22)17-32-26-15-25(31-16-20-10-13-29-14-11-20)34-28-23(21-8-9-21)18-33-35(26)28/h2-7,12,15,18,20-21,29,32H,8-11,13-14,16-17H2,1H3,(H,31,34). The van der Waals surface area contributed by atoms with Crippen LogP contribution in [0.5, 0.6) is 5.75 Å². The maximum absolute atomic E-state index is 5.47. The number of ether oxygens (including phenoxy) is 1. The maximum atomic E-state index is 5.47. The molecule has 8 nitrogen and oxygen atoms in total. The first kappa shape index (κ1) is 22.8. The van der Waals surface area contributed by atoms with Gasteiger partial charge in [0.1, 0.15) is 23.1 Å². The lowest BCUT2D eigenvalue weighted by Crippen LogP contribution is -2.31. The van der Waals surface area contributed by atoms with Crippen LogP contribution in [0.15, 0.2) is 54.9 Å². The molecule has 3 N–H and O–H groups in total. The van der Waals surface area contributed by atoms with Crippen molar-refractivity contribution in [2.45, 2.75) is 38.1 Å². The van der Waals surface area contributed by atoms with Crippen molar-refractivity contribution in [2.75, 3.05) is 37.4 Å². The second kappa shape index (κ2) is 10.1. The Kier molecular flexibility index (Phi) is 6.42. The van der Waals surface area contributed by atoms with E-state index in [0.29, 0.717) is 18.4 Å². The number of aromatic nitrogens is 4. The minimum absolute atomic E-state index is 0.596. The van der Waals surface area contributed by atoms with E-state index < -0.39 is 0 Å². The van der Waals surface area contributed by atoms with E-state index in [9.17, 15) is 0 Å². The van der Waals surface area contributed by atoms with Crippen molar-refractivity contribution in [1.29, 1.82) is 0 Å². The van der Waals surface area contributed by atoms with Gasteiger partial charge in [0.2, 0.25) is 0 Å². The van der Waals surface area contributed by atoms with Crippen molar-refractivity contribution in [3.05, 3.63) is 66.0 Å². The Morgan fingerprint density at radius 2 is 1.89 bits per heavy atom. The van der Waals surface area contributed by atoms with E-state index in [1.165, 1.54) is 36.8 Å². The van der Waals surface area contributed by atoms with Crippen molar-refractivity contribution in [1.82, 2.24) is 24.9 Å². The second-order valence-corrected chi connectivity index (χ2v) is 9.82. The third kappa shape index (κ3) is 4.86. The predicted octanol–water partition coefficient (Wildman–Crippen LogP) is 4.70. The number of piperidine rings is 1. The Hall–Kier alpha value is -3.65. The van der Waals surface area contributed by atoms with E-state index in [0.717, 1.165) is 53.9 Å². The number of hydrogen-bond donors (Lipinski definition) is 3. The van der Waals surface area contributed by atoms with Gasteiger partial charge in [-0.1, -0.05) is 24.3 Å². The summed E-state index contributed by atoms with van der Waals surface area (Å²) >= 11 is 0. The van der Waals surface area contributed by atoms with Crippen molar-refractivity contribution < 1.29 is 4.74 Å². The van der Waals surface area contributed by atoms with Gasteiger partial charge in [0.15, 0.2) is 5.65 Å². The van der Waals surface area contributed by atoms with Crippen LogP contribution in [0.3, 0.4) is 0 Å². The van der Waals surface area contributed by atoms with Crippen molar-refractivity contribution >= 4 is 17.3 Å². The Bertz CT molecular complexity index is 1320. The van der Waals surface area contributed by atoms with E-state index >= 15 is 0 Å². The zero-order valence-corrected chi connectivity index (χ0v) is 20.7. The van der Waals surface area contributed by atoms with E-state index in [2.05, 4.69) is 56.4 Å². The summed E-state index contributed by atoms with van der Waals surface area (Å²) < 4.78 is 7.42. The summed E-state index contributed by atoms with van der Waals surface area (Å²) in [5.74, 6) is 3.93. The zero-order valence-electron chi connectivity index (χ0n) is 20.7. The highest BCUT2D eigenvalue weighted by Gasteiger charge is 2.28. The van der Waals surface area contributed by atoms with Crippen LogP contribution < -0.4 is 20.7 Å². The molecule has 0 amide bonds. The molecule has 4 aromatic rings. The van der Waals surface area contributed by atoms with E-state index in [4.69, 9.17) is 9.72 Å². The molecule has 0 spiro atoms. The zero-order chi connectivity index (χ0) is 24.3. The first-order valence-electron chi connectivity index (χ1n) is 12.9. The maximum Gasteiger partial charge on any atom is 0.163 e. The predicted molar refractivity (Wildman–Crippen MR) is 143 cm³/mol. The normalized spacial score (nSPS) is 16.2. The number of pyridine rings is 1. The third-order valence-corrected chi connectivity index (χ3v) is 7.24. The molecule has 0 bridgehead atoms. The van der Waals surface area contributed by atoms with Crippen molar-refractivity contribution in [3.63, 3.8) is 0 Å². The molecule has 186 valence electrons. The Balaban J connectivity index is 1.21. The smallest absolute Gasteiger partial charge is 0.163 e. The number of methoxy groups -OCH3 is 1. The van der Waals surface area contributed by atoms with Crippen LogP contribution in [0.1, 0.15) is 42.7 Å². The summed E-state index contributed by atoms with van der Waals surface area (Å²) in [6.45, 7) is 3.85. The van der Waals surface area contributed by atoms with Crippen LogP contribution in [-0.2, 0) is 6.54 Å². The molecule has 8 heteroatoms. The highest BCUT2D eigenvalue weighted by Crippen LogP contribution is 2.42. The van der Waals surface area contributed by atoms with Crippen LogP contribution in [0.25, 0.3) is 16.9 Å². The van der Waals surface area contributed by atoms with Gasteiger partial charge in [0.05, 0.1) is 13.3 Å². The number of nitrogens with zero attached hydrogens (tertiary/aromatic N) is 4. The fourth-order valence-electron chi connectivity index (χ4n) is 4.96. The highest BCUT2D eigenvalue weighted by molar-refractivity contribution is 5.66. The molecule has 1 aliphatic carbocycles. The van der Waals surface area contributed by atoms with Gasteiger partial charge >= 0.3 is 0 Å². The lowest BCUT2D eigenvalue weighted by molar-refractivity contribution is 0.389. The third-order valence-electron chi connectivity index (χ3n) is 7.24. The van der Waals surface area contributed by atoms with Gasteiger partial charge in [-0.2, -0.15) is 9.61 Å². The highest BCUT2D eigenvalue weighted by atomic mass is 16.5. The van der Waals surface area contributed by atoms with Gasteiger partial charge in [0.25, 0.3) is 0 Å². The fourth-order valence-corrected chi connectivity index (χ4v) is 4.96. The second-order valence-electron chi connectivity index (χ2n) is 9.82. The number of nitrogens with one attached hydrogen (secondary N) is 3. The average Bonchev–Trinajstić information content (AvgIpc) is 3.70. The molecule has 3 aromatic heterocycles. The van der Waals surface area contributed by atoms with Crippen LogP contribution in [0.2, 0.25) is 0 Å². The van der Waals surface area contributed by atoms with Gasteiger partial charge in [-0.25, -0.2) is 4.98 Å². The molecule has 36 heavy (non-hydrogen) atoms. The lowest BCUT2D eigenvalue weighted by Gasteiger charge is -2.23. The van der Waals surface area contributed by atoms with Crippen LogP contribution >= 0.6 is 0 Å². The fraction of sp³-hybridized carbons (Fsp3) is 0.393. The molecule has 0 atom stereocenters. The molecule has 0 radical (unpaired) electrons. The quantitative estimate of drug-likeness (QED) is 0.318. The molecule has 2 fully saturated rings. The number of anilines is 2. The van der Waals surface area contributed by atoms with E-state index in [-0.39, 0.29) is 0 Å². The Labute approximate surface area is 211 Å². The summed E-state index contributed by atoms with van der Waals surface area (Å²) in [6, 6.07) is 14.3. The minimum atomic E-state index is 0.596. The molecule has 1 aliphatic heterocycles. The average molecular weight is 484 g/mol. The molecule has 0 unspecified atom stereocenters. The van der Waals surface area contributed by atoms with Crippen LogP contribution in [0, 0.1) is 5.92 Å². The minimum Gasteiger partial charge on any atom is -0.494 e.